The summed E-state index contributed by atoms with van der Waals surface area (Å²) in [6, 6.07) is 11.8. The summed E-state index contributed by atoms with van der Waals surface area (Å²) >= 11 is 0. The first-order chi connectivity index (χ1) is 19.7. The molecule has 3 saturated heterocycles. The van der Waals surface area contributed by atoms with Crippen LogP contribution in [0.15, 0.2) is 42.5 Å². The molecule has 1 aliphatic carbocycles. The number of aliphatic carboxylic acids is 1. The molecule has 2 aromatic rings. The molecule has 4 fully saturated rings. The Morgan fingerprint density at radius 1 is 1.00 bits per heavy atom. The van der Waals surface area contributed by atoms with E-state index in [-0.39, 0.29) is 34.6 Å². The molecule has 12 heteroatoms. The summed E-state index contributed by atoms with van der Waals surface area (Å²) in [5.41, 5.74) is 1.92. The standard InChI is InChI=1S/C28H31F2N3O2.C2HF3O2/c1-18-2-4-20(5-3-18)27(8-9-27)26(35)33-12-10-28(11-13-33)23-17-32(16-22(23)25(34)31-28)15-19-14-21(29)6-7-24(19)30;3-2(4,5)1(6)7/h2-7,14,22-23H,8-13,15-17H2,1H3,(H,31,34);(H,6,7)/t22-,23+;/m1./s1. The van der Waals surface area contributed by atoms with Crippen molar-refractivity contribution in [3.63, 3.8) is 0 Å². The second-order valence-corrected chi connectivity index (χ2v) is 11.8. The zero-order valence-electron chi connectivity index (χ0n) is 23.0. The lowest BCUT2D eigenvalue weighted by atomic mass is 9.75. The third kappa shape index (κ3) is 5.73. The molecular weight excluding hydrogens is 561 g/mol. The summed E-state index contributed by atoms with van der Waals surface area (Å²) in [6.45, 7) is 4.83. The number of piperidine rings is 1. The Morgan fingerprint density at radius 2 is 1.62 bits per heavy atom. The maximum Gasteiger partial charge on any atom is 0.490 e. The number of likely N-dealkylation sites (tertiary alicyclic amines) is 2. The van der Waals surface area contributed by atoms with Gasteiger partial charge in [0.25, 0.3) is 0 Å². The van der Waals surface area contributed by atoms with Gasteiger partial charge in [0.2, 0.25) is 11.8 Å². The lowest BCUT2D eigenvalue weighted by molar-refractivity contribution is -0.192. The molecule has 0 bridgehead atoms. The van der Waals surface area contributed by atoms with Gasteiger partial charge in [-0.15, -0.1) is 0 Å². The number of hydrogen-bond donors (Lipinski definition) is 2. The van der Waals surface area contributed by atoms with Crippen LogP contribution in [-0.4, -0.2) is 70.6 Å². The first-order valence-corrected chi connectivity index (χ1v) is 13.9. The van der Waals surface area contributed by atoms with Gasteiger partial charge in [-0.05, 0) is 56.4 Å². The number of rotatable bonds is 4. The Hall–Kier alpha value is -3.54. The second-order valence-electron chi connectivity index (χ2n) is 11.8. The number of aryl methyl sites for hydroxylation is 1. The minimum atomic E-state index is -5.08. The topological polar surface area (TPSA) is 90.0 Å². The Kier molecular flexibility index (Phi) is 7.80. The average Bonchev–Trinajstić information content (AvgIpc) is 3.57. The molecule has 3 heterocycles. The van der Waals surface area contributed by atoms with Gasteiger partial charge in [0.1, 0.15) is 11.6 Å². The van der Waals surface area contributed by atoms with E-state index in [1.54, 1.807) is 0 Å². The molecule has 0 radical (unpaired) electrons. The van der Waals surface area contributed by atoms with Crippen molar-refractivity contribution in [2.75, 3.05) is 26.2 Å². The summed E-state index contributed by atoms with van der Waals surface area (Å²) in [4.78, 5) is 39.4. The number of nitrogens with one attached hydrogen (secondary N) is 1. The van der Waals surface area contributed by atoms with Crippen LogP contribution in [-0.2, 0) is 26.3 Å². The largest absolute Gasteiger partial charge is 0.490 e. The van der Waals surface area contributed by atoms with Crippen LogP contribution in [0.4, 0.5) is 22.0 Å². The number of nitrogens with zero attached hydrogens (tertiary/aromatic N) is 2. The van der Waals surface area contributed by atoms with E-state index in [1.807, 2.05) is 4.90 Å². The van der Waals surface area contributed by atoms with Gasteiger partial charge in [-0.25, -0.2) is 13.6 Å². The van der Waals surface area contributed by atoms with Crippen molar-refractivity contribution in [1.29, 1.82) is 0 Å². The molecule has 2 N–H and O–H groups in total. The van der Waals surface area contributed by atoms with Crippen LogP contribution in [0, 0.1) is 30.4 Å². The van der Waals surface area contributed by atoms with Crippen LogP contribution < -0.4 is 5.32 Å². The summed E-state index contributed by atoms with van der Waals surface area (Å²) in [5, 5.41) is 10.4. The number of carboxylic acids is 1. The second kappa shape index (κ2) is 10.9. The van der Waals surface area contributed by atoms with Crippen molar-refractivity contribution in [1.82, 2.24) is 15.1 Å². The number of fused-ring (bicyclic) bond motifs is 2. The molecule has 1 spiro atoms. The molecule has 4 aliphatic rings. The predicted molar refractivity (Wildman–Crippen MR) is 141 cm³/mol. The van der Waals surface area contributed by atoms with Gasteiger partial charge >= 0.3 is 12.1 Å². The molecule has 6 rings (SSSR count). The zero-order valence-corrected chi connectivity index (χ0v) is 23.0. The van der Waals surface area contributed by atoms with Crippen LogP contribution in [0.3, 0.4) is 0 Å². The Bertz CT molecular complexity index is 1370. The normalized spacial score (nSPS) is 24.0. The van der Waals surface area contributed by atoms with Crippen molar-refractivity contribution >= 4 is 17.8 Å². The highest BCUT2D eigenvalue weighted by Crippen LogP contribution is 2.51. The minimum Gasteiger partial charge on any atom is -0.475 e. The lowest BCUT2D eigenvalue weighted by Gasteiger charge is -2.43. The molecule has 0 aromatic heterocycles. The van der Waals surface area contributed by atoms with Crippen molar-refractivity contribution in [2.45, 2.75) is 56.3 Å². The molecule has 2 aromatic carbocycles. The highest BCUT2D eigenvalue weighted by atomic mass is 19.4. The molecule has 42 heavy (non-hydrogen) atoms. The molecule has 3 aliphatic heterocycles. The molecular formula is C30H32F5N3O4. The van der Waals surface area contributed by atoms with Crippen molar-refractivity contribution in [3.05, 3.63) is 70.8 Å². The number of carbonyl (C=O) groups is 3. The van der Waals surface area contributed by atoms with E-state index in [0.717, 1.165) is 43.4 Å². The lowest BCUT2D eigenvalue weighted by Crippen LogP contribution is -2.57. The molecule has 0 unspecified atom stereocenters. The summed E-state index contributed by atoms with van der Waals surface area (Å²) in [6.07, 6.45) is -1.83. The minimum absolute atomic E-state index is 0.0512. The van der Waals surface area contributed by atoms with Crippen molar-refractivity contribution in [3.8, 4) is 0 Å². The predicted octanol–water partition coefficient (Wildman–Crippen LogP) is 4.18. The summed E-state index contributed by atoms with van der Waals surface area (Å²) in [7, 11) is 0. The van der Waals surface area contributed by atoms with Crippen LogP contribution in [0.5, 0.6) is 0 Å². The number of carbonyl (C=O) groups excluding carboxylic acids is 2. The first kappa shape index (κ1) is 29.9. The highest BCUT2D eigenvalue weighted by molar-refractivity contribution is 5.91. The summed E-state index contributed by atoms with van der Waals surface area (Å²) < 4.78 is 59.6. The van der Waals surface area contributed by atoms with E-state index >= 15 is 0 Å². The third-order valence-electron chi connectivity index (χ3n) is 9.16. The number of carboxylic acid groups (broad SMARTS) is 1. The van der Waals surface area contributed by atoms with E-state index in [9.17, 15) is 31.5 Å². The molecule has 2 amide bonds. The Balaban J connectivity index is 0.000000451. The maximum absolute atomic E-state index is 14.2. The van der Waals surface area contributed by atoms with Gasteiger partial charge in [0.15, 0.2) is 0 Å². The maximum atomic E-state index is 14.2. The van der Waals surface area contributed by atoms with E-state index in [0.29, 0.717) is 38.3 Å². The van der Waals surface area contributed by atoms with E-state index < -0.39 is 23.8 Å². The number of halogens is 5. The highest BCUT2D eigenvalue weighted by Gasteiger charge is 2.59. The molecule has 2 atom stereocenters. The van der Waals surface area contributed by atoms with E-state index in [2.05, 4.69) is 41.4 Å². The Labute approximate surface area is 239 Å². The summed E-state index contributed by atoms with van der Waals surface area (Å²) in [5.74, 6) is -3.38. The fraction of sp³-hybridized carbons (Fsp3) is 0.500. The van der Waals surface area contributed by atoms with Gasteiger partial charge in [-0.3, -0.25) is 14.5 Å². The number of amides is 2. The SMILES string of the molecule is Cc1ccc(C2(C(=O)N3CCC4(CC3)NC(=O)[C@@H]3CN(Cc5cc(F)ccc5F)C[C@@H]34)CC2)cc1.O=C(O)C(F)(F)F. The van der Waals surface area contributed by atoms with Crippen molar-refractivity contribution < 1.29 is 41.4 Å². The fourth-order valence-corrected chi connectivity index (χ4v) is 6.71. The van der Waals surface area contributed by atoms with Gasteiger partial charge < -0.3 is 15.3 Å². The van der Waals surface area contributed by atoms with Crippen LogP contribution in [0.2, 0.25) is 0 Å². The molecule has 1 saturated carbocycles. The van der Waals surface area contributed by atoms with E-state index in [4.69, 9.17) is 9.90 Å². The third-order valence-corrected chi connectivity index (χ3v) is 9.16. The zero-order chi connectivity index (χ0) is 30.4. The van der Waals surface area contributed by atoms with Crippen LogP contribution in [0.25, 0.3) is 0 Å². The number of benzene rings is 2. The Morgan fingerprint density at radius 3 is 2.19 bits per heavy atom. The van der Waals surface area contributed by atoms with Gasteiger partial charge in [-0.2, -0.15) is 13.2 Å². The molecule has 226 valence electrons. The van der Waals surface area contributed by atoms with E-state index in [1.165, 1.54) is 11.6 Å². The first-order valence-electron chi connectivity index (χ1n) is 13.9. The van der Waals surface area contributed by atoms with Gasteiger partial charge in [0, 0.05) is 49.7 Å². The van der Waals surface area contributed by atoms with Crippen molar-refractivity contribution in [2.24, 2.45) is 11.8 Å². The van der Waals surface area contributed by atoms with Gasteiger partial charge in [0.05, 0.1) is 11.3 Å². The van der Waals surface area contributed by atoms with Gasteiger partial charge in [-0.1, -0.05) is 29.8 Å². The van der Waals surface area contributed by atoms with Crippen LogP contribution in [0.1, 0.15) is 42.4 Å². The average molecular weight is 594 g/mol. The fourth-order valence-electron chi connectivity index (χ4n) is 6.71. The quantitative estimate of drug-likeness (QED) is 0.520. The monoisotopic (exact) mass is 593 g/mol. The molecule has 7 nitrogen and oxygen atoms in total. The smallest absolute Gasteiger partial charge is 0.475 e. The number of alkyl halides is 3. The number of hydrogen-bond acceptors (Lipinski definition) is 4. The van der Waals surface area contributed by atoms with Crippen LogP contribution >= 0.6 is 0 Å².